The highest BCUT2D eigenvalue weighted by atomic mass is 28.3. The van der Waals surface area contributed by atoms with E-state index in [0.717, 1.165) is 17.5 Å². The van der Waals surface area contributed by atoms with Gasteiger partial charge in [0.05, 0.1) is 0 Å². The van der Waals surface area contributed by atoms with Gasteiger partial charge >= 0.3 is 0 Å². The van der Waals surface area contributed by atoms with E-state index in [4.69, 9.17) is 0 Å². The summed E-state index contributed by atoms with van der Waals surface area (Å²) in [5, 5.41) is 0. The van der Waals surface area contributed by atoms with Crippen LogP contribution < -0.4 is 0 Å². The molecule has 17 heavy (non-hydrogen) atoms. The molecule has 0 saturated heterocycles. The quantitative estimate of drug-likeness (QED) is 0.299. The van der Waals surface area contributed by atoms with Gasteiger partial charge < -0.3 is 0 Å². The monoisotopic (exact) mass is 251 g/mol. The van der Waals surface area contributed by atoms with Crippen molar-refractivity contribution in [2.45, 2.75) is 90.6 Å². The largest absolute Gasteiger partial charge is 0.150 e. The molecule has 0 aromatic rings. The van der Waals surface area contributed by atoms with Gasteiger partial charge in [-0.25, -0.2) is 0 Å². The first-order chi connectivity index (χ1) is 8.09. The molecule has 0 spiro atoms. The van der Waals surface area contributed by atoms with Crippen LogP contribution in [0.4, 0.5) is 0 Å². The van der Waals surface area contributed by atoms with Crippen LogP contribution in [-0.4, -0.2) is 8.80 Å². The van der Waals surface area contributed by atoms with E-state index in [2.05, 4.69) is 46.1 Å². The van der Waals surface area contributed by atoms with Gasteiger partial charge in [-0.05, 0) is 17.5 Å². The molecule has 0 fully saturated rings. The number of hydrogen-bond acceptors (Lipinski definition) is 0. The summed E-state index contributed by atoms with van der Waals surface area (Å²) in [7, 11) is -0.441. The molecule has 0 amide bonds. The van der Waals surface area contributed by atoms with Gasteiger partial charge in [0.15, 0.2) is 0 Å². The zero-order valence-corrected chi connectivity index (χ0v) is 13.6. The topological polar surface area (TPSA) is 0 Å². The molecule has 0 aliphatic carbocycles. The zero-order valence-electron chi connectivity index (χ0n) is 12.6. The minimum Gasteiger partial charge on any atom is -0.133 e. The standard InChI is InChI=1S/C16H31Si/c1-6-7-8-9-10-11-12-13-14-17(15(2)3)16(4)5/h15-16H,6-12H2,1-5H3. The van der Waals surface area contributed by atoms with Crippen LogP contribution in [0, 0.1) is 11.5 Å². The molecule has 0 rings (SSSR count). The van der Waals surface area contributed by atoms with E-state index >= 15 is 0 Å². The van der Waals surface area contributed by atoms with Gasteiger partial charge in [0, 0.05) is 6.42 Å². The van der Waals surface area contributed by atoms with Crippen molar-refractivity contribution in [1.29, 1.82) is 0 Å². The predicted octanol–water partition coefficient (Wildman–Crippen LogP) is 5.59. The molecule has 0 aliphatic rings. The van der Waals surface area contributed by atoms with Crippen LogP contribution in [0.15, 0.2) is 0 Å². The van der Waals surface area contributed by atoms with Gasteiger partial charge in [-0.15, -0.1) is 11.5 Å². The predicted molar refractivity (Wildman–Crippen MR) is 81.7 cm³/mol. The van der Waals surface area contributed by atoms with Gasteiger partial charge in [0.25, 0.3) is 0 Å². The van der Waals surface area contributed by atoms with Crippen molar-refractivity contribution >= 4 is 8.80 Å². The highest BCUT2D eigenvalue weighted by Gasteiger charge is 2.17. The van der Waals surface area contributed by atoms with Crippen LogP contribution in [0.2, 0.25) is 11.1 Å². The zero-order chi connectivity index (χ0) is 13.1. The number of rotatable bonds is 8. The molecule has 0 heterocycles. The average Bonchev–Trinajstić information content (AvgIpc) is 2.26. The van der Waals surface area contributed by atoms with E-state index < -0.39 is 8.80 Å². The lowest BCUT2D eigenvalue weighted by Crippen LogP contribution is -2.18. The Hall–Kier alpha value is -0.223. The highest BCUT2D eigenvalue weighted by Crippen LogP contribution is 2.18. The first-order valence-electron chi connectivity index (χ1n) is 7.45. The first-order valence-corrected chi connectivity index (χ1v) is 9.10. The molecular weight excluding hydrogens is 220 g/mol. The van der Waals surface area contributed by atoms with E-state index in [-0.39, 0.29) is 0 Å². The van der Waals surface area contributed by atoms with E-state index in [1.54, 1.807) is 0 Å². The summed E-state index contributed by atoms with van der Waals surface area (Å²) in [5.41, 5.74) is 5.15. The highest BCUT2D eigenvalue weighted by molar-refractivity contribution is 6.70. The molecule has 99 valence electrons. The van der Waals surface area contributed by atoms with Crippen molar-refractivity contribution in [3.8, 4) is 11.5 Å². The third kappa shape index (κ3) is 9.48. The Balaban J connectivity index is 3.65. The fourth-order valence-corrected chi connectivity index (χ4v) is 4.35. The van der Waals surface area contributed by atoms with Crippen molar-refractivity contribution in [3.05, 3.63) is 0 Å². The van der Waals surface area contributed by atoms with Crippen LogP contribution in [-0.2, 0) is 0 Å². The van der Waals surface area contributed by atoms with E-state index in [9.17, 15) is 0 Å². The SMILES string of the molecule is CCCCCCCCC#C[Si](C(C)C)C(C)C. The van der Waals surface area contributed by atoms with Crippen LogP contribution in [0.1, 0.15) is 79.6 Å². The molecule has 1 radical (unpaired) electrons. The van der Waals surface area contributed by atoms with Crippen molar-refractivity contribution in [2.24, 2.45) is 0 Å². The lowest BCUT2D eigenvalue weighted by molar-refractivity contribution is 0.614. The van der Waals surface area contributed by atoms with Crippen molar-refractivity contribution in [2.75, 3.05) is 0 Å². The Morgan fingerprint density at radius 2 is 1.35 bits per heavy atom. The van der Waals surface area contributed by atoms with Gasteiger partial charge in [0.2, 0.25) is 0 Å². The summed E-state index contributed by atoms with van der Waals surface area (Å²) in [5.74, 6) is 3.43. The van der Waals surface area contributed by atoms with Crippen molar-refractivity contribution in [3.63, 3.8) is 0 Å². The van der Waals surface area contributed by atoms with E-state index in [1.165, 1.54) is 38.5 Å². The molecular formula is C16H31Si. The Morgan fingerprint density at radius 1 is 0.824 bits per heavy atom. The third-order valence-corrected chi connectivity index (χ3v) is 6.09. The van der Waals surface area contributed by atoms with Crippen LogP contribution in [0.5, 0.6) is 0 Å². The van der Waals surface area contributed by atoms with Gasteiger partial charge in [-0.1, -0.05) is 66.7 Å². The van der Waals surface area contributed by atoms with Crippen LogP contribution >= 0.6 is 0 Å². The summed E-state index contributed by atoms with van der Waals surface area (Å²) in [4.78, 5) is 0. The first kappa shape index (κ1) is 16.8. The Labute approximate surface area is 111 Å². The molecule has 0 aromatic heterocycles. The van der Waals surface area contributed by atoms with E-state index in [0.29, 0.717) is 0 Å². The molecule has 0 atom stereocenters. The smallest absolute Gasteiger partial charge is 0.133 e. The van der Waals surface area contributed by atoms with Gasteiger partial charge in [-0.3, -0.25) is 0 Å². The molecule has 0 aliphatic heterocycles. The lowest BCUT2D eigenvalue weighted by atomic mass is 10.1. The van der Waals surface area contributed by atoms with Crippen molar-refractivity contribution in [1.82, 2.24) is 0 Å². The molecule has 0 bridgehead atoms. The van der Waals surface area contributed by atoms with Crippen molar-refractivity contribution < 1.29 is 0 Å². The minimum atomic E-state index is -0.441. The Bertz CT molecular complexity index is 211. The maximum atomic E-state index is 3.57. The van der Waals surface area contributed by atoms with Gasteiger partial charge in [-0.2, -0.15) is 0 Å². The number of hydrogen-bond donors (Lipinski definition) is 0. The fourth-order valence-electron chi connectivity index (χ4n) is 2.11. The molecule has 1 heteroatoms. The molecule has 0 N–H and O–H groups in total. The molecule has 0 saturated carbocycles. The minimum absolute atomic E-state index is 0.441. The fraction of sp³-hybridized carbons (Fsp3) is 0.875. The summed E-state index contributed by atoms with van der Waals surface area (Å²) < 4.78 is 0. The second-order valence-corrected chi connectivity index (χ2v) is 9.05. The normalized spacial score (nSPS) is 11.1. The lowest BCUT2D eigenvalue weighted by Gasteiger charge is -2.15. The maximum absolute atomic E-state index is 3.57. The summed E-state index contributed by atoms with van der Waals surface area (Å²) >= 11 is 0. The number of unbranched alkanes of at least 4 members (excludes halogenated alkanes) is 6. The van der Waals surface area contributed by atoms with Crippen LogP contribution in [0.3, 0.4) is 0 Å². The van der Waals surface area contributed by atoms with Crippen LogP contribution in [0.25, 0.3) is 0 Å². The Kier molecular flexibility index (Phi) is 10.8. The Morgan fingerprint density at radius 3 is 1.88 bits per heavy atom. The maximum Gasteiger partial charge on any atom is 0.150 e. The molecule has 0 aromatic carbocycles. The molecule has 0 nitrogen and oxygen atoms in total. The van der Waals surface area contributed by atoms with E-state index in [1.807, 2.05) is 0 Å². The average molecular weight is 252 g/mol. The third-order valence-electron chi connectivity index (χ3n) is 3.13. The second-order valence-electron chi connectivity index (χ2n) is 5.58. The second kappa shape index (κ2) is 10.9. The van der Waals surface area contributed by atoms with Gasteiger partial charge in [0.1, 0.15) is 8.80 Å². The summed E-state index contributed by atoms with van der Waals surface area (Å²) in [6.45, 7) is 11.6. The summed E-state index contributed by atoms with van der Waals surface area (Å²) in [6, 6.07) is 0. The molecule has 0 unspecified atom stereocenters. The summed E-state index contributed by atoms with van der Waals surface area (Å²) in [6.07, 6.45) is 9.37.